The van der Waals surface area contributed by atoms with Crippen LogP contribution in [0.5, 0.6) is 11.5 Å². The third-order valence-electron chi connectivity index (χ3n) is 4.01. The van der Waals surface area contributed by atoms with E-state index in [1.165, 1.54) is 18.2 Å². The second-order valence-electron chi connectivity index (χ2n) is 6.01. The quantitative estimate of drug-likeness (QED) is 0.185. The average molecular weight is 469 g/mol. The Balaban J connectivity index is 2.35. The molecule has 0 heterocycles. The van der Waals surface area contributed by atoms with Gasteiger partial charge in [-0.1, -0.05) is 12.1 Å². The number of hydrogen-bond donors (Lipinski definition) is 4. The number of rotatable bonds is 5. The van der Waals surface area contributed by atoms with E-state index < -0.39 is 63.2 Å². The first-order valence-electron chi connectivity index (χ1n) is 7.93. The molecule has 13 nitrogen and oxygen atoms in total. The van der Waals surface area contributed by atoms with Crippen molar-refractivity contribution in [1.29, 1.82) is 0 Å². The number of hydrogen-bond acceptors (Lipinski definition) is 10. The van der Waals surface area contributed by atoms with E-state index in [2.05, 4.69) is 10.2 Å². The number of benzene rings is 3. The summed E-state index contributed by atoms with van der Waals surface area (Å²) < 4.78 is 64.9. The topological polar surface area (TPSA) is 217 Å². The molecule has 3 rings (SSSR count). The van der Waals surface area contributed by atoms with Gasteiger partial charge in [0.05, 0.1) is 15.2 Å². The molecule has 4 N–H and O–H groups in total. The number of nitro groups is 1. The van der Waals surface area contributed by atoms with Crippen molar-refractivity contribution in [1.82, 2.24) is 0 Å². The Bertz CT molecular complexity index is 1480. The third kappa shape index (κ3) is 4.29. The summed E-state index contributed by atoms with van der Waals surface area (Å²) in [6.45, 7) is 0. The molecule has 0 aliphatic heterocycles. The molecule has 0 aliphatic carbocycles. The predicted octanol–water partition coefficient (Wildman–Crippen LogP) is 3.07. The van der Waals surface area contributed by atoms with E-state index in [9.17, 15) is 41.7 Å². The molecule has 0 spiro atoms. The van der Waals surface area contributed by atoms with Gasteiger partial charge >= 0.3 is 0 Å². The largest absolute Gasteiger partial charge is 0.507 e. The van der Waals surface area contributed by atoms with Gasteiger partial charge in [0, 0.05) is 12.1 Å². The van der Waals surface area contributed by atoms with Gasteiger partial charge < -0.3 is 10.2 Å². The van der Waals surface area contributed by atoms with Crippen molar-refractivity contribution in [2.24, 2.45) is 10.2 Å². The third-order valence-corrected chi connectivity index (χ3v) is 5.71. The van der Waals surface area contributed by atoms with Crippen molar-refractivity contribution < 1.29 is 41.1 Å². The minimum atomic E-state index is -5.08. The van der Waals surface area contributed by atoms with Gasteiger partial charge in [0.2, 0.25) is 0 Å². The molecular formula is C16H11N3O10S2. The molecule has 0 bridgehead atoms. The van der Waals surface area contributed by atoms with Crippen LogP contribution in [0.25, 0.3) is 10.8 Å². The molecule has 162 valence electrons. The minimum absolute atomic E-state index is 0.306. The van der Waals surface area contributed by atoms with Crippen molar-refractivity contribution in [2.45, 2.75) is 9.79 Å². The van der Waals surface area contributed by atoms with Crippen LogP contribution in [0.4, 0.5) is 17.1 Å². The molecule has 31 heavy (non-hydrogen) atoms. The van der Waals surface area contributed by atoms with Crippen molar-refractivity contribution >= 4 is 48.1 Å². The highest BCUT2D eigenvalue weighted by Gasteiger charge is 2.25. The van der Waals surface area contributed by atoms with E-state index in [1.54, 1.807) is 0 Å². The van der Waals surface area contributed by atoms with Gasteiger partial charge in [-0.25, -0.2) is 0 Å². The molecule has 3 aromatic rings. The Kier molecular flexibility index (Phi) is 5.36. The zero-order valence-electron chi connectivity index (χ0n) is 14.9. The Morgan fingerprint density at radius 2 is 1.55 bits per heavy atom. The maximum absolute atomic E-state index is 11.8. The summed E-state index contributed by atoms with van der Waals surface area (Å²) in [5.41, 5.74) is -1.66. The van der Waals surface area contributed by atoms with E-state index in [0.29, 0.717) is 12.1 Å². The maximum atomic E-state index is 11.8. The van der Waals surface area contributed by atoms with Crippen molar-refractivity contribution in [3.63, 3.8) is 0 Å². The van der Waals surface area contributed by atoms with Gasteiger partial charge in [-0.3, -0.25) is 19.2 Å². The van der Waals surface area contributed by atoms with Gasteiger partial charge in [0.15, 0.2) is 11.4 Å². The second-order valence-corrected chi connectivity index (χ2v) is 8.82. The van der Waals surface area contributed by atoms with Crippen LogP contribution < -0.4 is 0 Å². The first-order valence-corrected chi connectivity index (χ1v) is 10.8. The smallest absolute Gasteiger partial charge is 0.296 e. The van der Waals surface area contributed by atoms with Crippen LogP contribution in [-0.2, 0) is 20.2 Å². The number of fused-ring (bicyclic) bond motifs is 1. The number of azo groups is 1. The Labute approximate surface area is 173 Å². The monoisotopic (exact) mass is 469 g/mol. The second kappa shape index (κ2) is 7.55. The molecule has 0 saturated heterocycles. The highest BCUT2D eigenvalue weighted by atomic mass is 32.2. The maximum Gasteiger partial charge on any atom is 0.296 e. The van der Waals surface area contributed by atoms with Gasteiger partial charge in [-0.2, -0.15) is 16.8 Å². The van der Waals surface area contributed by atoms with Crippen LogP contribution in [0, 0.1) is 10.1 Å². The lowest BCUT2D eigenvalue weighted by Gasteiger charge is -2.11. The molecule has 0 aromatic heterocycles. The first kappa shape index (κ1) is 22.0. The van der Waals surface area contributed by atoms with Crippen molar-refractivity contribution in [3.05, 3.63) is 52.6 Å². The lowest BCUT2D eigenvalue weighted by Crippen LogP contribution is -2.01. The fraction of sp³-hybridized carbons (Fsp3) is 0. The molecule has 0 radical (unpaired) electrons. The molecule has 0 saturated carbocycles. The van der Waals surface area contributed by atoms with Gasteiger partial charge in [0.25, 0.3) is 25.9 Å². The van der Waals surface area contributed by atoms with Crippen LogP contribution in [0.3, 0.4) is 0 Å². The number of phenols is 2. The lowest BCUT2D eigenvalue weighted by molar-refractivity contribution is -0.384. The van der Waals surface area contributed by atoms with Gasteiger partial charge in [-0.15, -0.1) is 10.2 Å². The minimum Gasteiger partial charge on any atom is -0.507 e. The highest BCUT2D eigenvalue weighted by molar-refractivity contribution is 7.86. The van der Waals surface area contributed by atoms with Gasteiger partial charge in [-0.05, 0) is 23.6 Å². The summed E-state index contributed by atoms with van der Waals surface area (Å²) in [5, 5.41) is 37.9. The molecule has 0 amide bonds. The molecule has 15 heteroatoms. The van der Waals surface area contributed by atoms with Crippen LogP contribution in [0.2, 0.25) is 0 Å². The lowest BCUT2D eigenvalue weighted by atomic mass is 10.1. The summed E-state index contributed by atoms with van der Waals surface area (Å²) in [6, 6.07) is 7.01. The molecule has 0 atom stereocenters. The van der Waals surface area contributed by atoms with Gasteiger partial charge in [0.1, 0.15) is 16.3 Å². The summed E-state index contributed by atoms with van der Waals surface area (Å²) in [6.07, 6.45) is 0. The van der Waals surface area contributed by atoms with Crippen LogP contribution in [0.15, 0.2) is 62.5 Å². The molecule has 0 aliphatic rings. The molecule has 3 aromatic carbocycles. The number of para-hydroxylation sites is 1. The molecular weight excluding hydrogens is 458 g/mol. The fourth-order valence-electron chi connectivity index (χ4n) is 2.69. The Morgan fingerprint density at radius 3 is 2.13 bits per heavy atom. The Hall–Kier alpha value is -3.66. The average Bonchev–Trinajstić information content (AvgIpc) is 2.65. The number of aromatic hydroxyl groups is 2. The first-order chi connectivity index (χ1) is 14.3. The standard InChI is InChI=1S/C16H11N3O10S2/c20-12-7-9(30(24,25)26)5-8-6-13(31(27,28)29)15(16(21)14(8)12)18-17-10-3-1-2-4-11(10)19(22)23/h1-7,20-21H,(H,24,25,26)(H,27,28,29). The van der Waals surface area contributed by atoms with E-state index in [1.807, 2.05) is 0 Å². The number of nitrogens with zero attached hydrogens (tertiary/aromatic N) is 3. The van der Waals surface area contributed by atoms with Crippen LogP contribution in [-0.4, -0.2) is 41.1 Å². The summed E-state index contributed by atoms with van der Waals surface area (Å²) in [5.74, 6) is -1.89. The number of phenolic OH excluding ortho intramolecular Hbond substituents is 2. The summed E-state index contributed by atoms with van der Waals surface area (Å²) in [7, 11) is -9.89. The normalized spacial score (nSPS) is 12.5. The van der Waals surface area contributed by atoms with Crippen molar-refractivity contribution in [3.8, 4) is 11.5 Å². The predicted molar refractivity (Wildman–Crippen MR) is 104 cm³/mol. The van der Waals surface area contributed by atoms with E-state index in [-0.39, 0.29) is 11.1 Å². The molecule has 0 fully saturated rings. The fourth-order valence-corrected chi connectivity index (χ4v) is 3.88. The molecule has 0 unspecified atom stereocenters. The summed E-state index contributed by atoms with van der Waals surface area (Å²) >= 11 is 0. The Morgan fingerprint density at radius 1 is 0.903 bits per heavy atom. The summed E-state index contributed by atoms with van der Waals surface area (Å²) in [4.78, 5) is 8.45. The van der Waals surface area contributed by atoms with E-state index in [4.69, 9.17) is 4.55 Å². The van der Waals surface area contributed by atoms with E-state index in [0.717, 1.165) is 12.1 Å². The van der Waals surface area contributed by atoms with Crippen LogP contribution >= 0.6 is 0 Å². The zero-order chi connectivity index (χ0) is 23.1. The zero-order valence-corrected chi connectivity index (χ0v) is 16.6. The number of nitro benzene ring substituents is 1. The van der Waals surface area contributed by atoms with Crippen LogP contribution in [0.1, 0.15) is 0 Å². The van der Waals surface area contributed by atoms with E-state index >= 15 is 0 Å². The SMILES string of the molecule is O=[N+]([O-])c1ccccc1N=Nc1c(S(=O)(=O)O)cc2cc(S(=O)(=O)O)cc(O)c2c1O. The van der Waals surface area contributed by atoms with Crippen molar-refractivity contribution in [2.75, 3.05) is 0 Å². The highest BCUT2D eigenvalue weighted by Crippen LogP contribution is 2.45.